The molecule has 1 heterocycles. The van der Waals surface area contributed by atoms with Crippen LogP contribution in [0.2, 0.25) is 0 Å². The van der Waals surface area contributed by atoms with Gasteiger partial charge < -0.3 is 10.2 Å². The van der Waals surface area contributed by atoms with Gasteiger partial charge in [-0.05, 0) is 45.4 Å². The van der Waals surface area contributed by atoms with E-state index in [1.165, 1.54) is 4.88 Å². The van der Waals surface area contributed by atoms with E-state index >= 15 is 0 Å². The number of hydrogen-bond donors (Lipinski definition) is 1. The molecule has 3 heteroatoms. The Morgan fingerprint density at radius 2 is 2.12 bits per heavy atom. The highest BCUT2D eigenvalue weighted by Crippen LogP contribution is 2.34. The van der Waals surface area contributed by atoms with Gasteiger partial charge in [-0.25, -0.2) is 0 Å². The molecular formula is C13H24N2S. The van der Waals surface area contributed by atoms with Gasteiger partial charge in [0.05, 0.1) is 6.04 Å². The first-order chi connectivity index (χ1) is 7.56. The molecule has 0 saturated carbocycles. The van der Waals surface area contributed by atoms with Gasteiger partial charge in [0.1, 0.15) is 0 Å². The van der Waals surface area contributed by atoms with Crippen LogP contribution in [0, 0.1) is 0 Å². The Kier molecular flexibility index (Phi) is 4.96. The lowest BCUT2D eigenvalue weighted by Gasteiger charge is -2.42. The monoisotopic (exact) mass is 240 g/mol. The molecule has 1 rings (SSSR count). The number of thiophene rings is 1. The second kappa shape index (κ2) is 5.80. The Bertz CT molecular complexity index is 295. The quantitative estimate of drug-likeness (QED) is 0.822. The number of likely N-dealkylation sites (N-methyl/N-ethyl adjacent to an activating group) is 2. The third-order valence-electron chi connectivity index (χ3n) is 3.60. The molecule has 2 atom stereocenters. The highest BCUT2D eigenvalue weighted by Gasteiger charge is 2.35. The van der Waals surface area contributed by atoms with Gasteiger partial charge >= 0.3 is 0 Å². The summed E-state index contributed by atoms with van der Waals surface area (Å²) in [5, 5.41) is 5.78. The fourth-order valence-electron chi connectivity index (χ4n) is 2.07. The van der Waals surface area contributed by atoms with Crippen molar-refractivity contribution in [3.05, 3.63) is 22.4 Å². The molecule has 0 aliphatic carbocycles. The summed E-state index contributed by atoms with van der Waals surface area (Å²) in [7, 11) is 4.34. The predicted octanol–water partition coefficient (Wildman–Crippen LogP) is 3.13. The minimum atomic E-state index is 0.168. The molecule has 0 aromatic carbocycles. The average Bonchev–Trinajstić information content (AvgIpc) is 2.77. The topological polar surface area (TPSA) is 15.3 Å². The first kappa shape index (κ1) is 13.7. The first-order valence-corrected chi connectivity index (χ1v) is 6.88. The maximum Gasteiger partial charge on any atom is 0.0598 e. The largest absolute Gasteiger partial charge is 0.308 e. The zero-order valence-corrected chi connectivity index (χ0v) is 11.9. The van der Waals surface area contributed by atoms with Crippen molar-refractivity contribution in [1.82, 2.24) is 10.2 Å². The van der Waals surface area contributed by atoms with E-state index < -0.39 is 0 Å². The van der Waals surface area contributed by atoms with Crippen LogP contribution in [0.1, 0.15) is 38.1 Å². The Hall–Kier alpha value is -0.380. The zero-order valence-electron chi connectivity index (χ0n) is 11.1. The molecule has 0 aliphatic rings. The van der Waals surface area contributed by atoms with Crippen LogP contribution in [0.5, 0.6) is 0 Å². The fraction of sp³-hybridized carbons (Fsp3) is 0.692. The summed E-state index contributed by atoms with van der Waals surface area (Å²) in [5.74, 6) is 0. The predicted molar refractivity (Wildman–Crippen MR) is 73.1 cm³/mol. The van der Waals surface area contributed by atoms with E-state index in [2.05, 4.69) is 62.6 Å². The van der Waals surface area contributed by atoms with Gasteiger partial charge in [-0.15, -0.1) is 11.3 Å². The molecular weight excluding hydrogens is 216 g/mol. The smallest absolute Gasteiger partial charge is 0.0598 e. The van der Waals surface area contributed by atoms with E-state index in [1.54, 1.807) is 0 Å². The average molecular weight is 240 g/mol. The van der Waals surface area contributed by atoms with E-state index in [0.717, 1.165) is 13.0 Å². The molecule has 2 unspecified atom stereocenters. The van der Waals surface area contributed by atoms with Crippen molar-refractivity contribution in [2.45, 2.75) is 38.8 Å². The molecule has 1 aromatic rings. The Labute approximate surface area is 104 Å². The molecule has 0 saturated heterocycles. The standard InChI is InChI=1S/C13H24N2S/c1-6-13(3,15(4)5)12(14-7-2)11-9-8-10-16-11/h8-10,12,14H,6-7H2,1-5H3. The molecule has 0 amide bonds. The number of hydrogen-bond acceptors (Lipinski definition) is 3. The molecule has 92 valence electrons. The van der Waals surface area contributed by atoms with Gasteiger partial charge in [0, 0.05) is 10.4 Å². The van der Waals surface area contributed by atoms with Crippen molar-refractivity contribution in [1.29, 1.82) is 0 Å². The fourth-order valence-corrected chi connectivity index (χ4v) is 3.01. The van der Waals surface area contributed by atoms with Crippen LogP contribution in [-0.4, -0.2) is 31.1 Å². The summed E-state index contributed by atoms with van der Waals surface area (Å²) in [6, 6.07) is 4.78. The first-order valence-electron chi connectivity index (χ1n) is 6.00. The maximum absolute atomic E-state index is 3.63. The summed E-state index contributed by atoms with van der Waals surface area (Å²) >= 11 is 1.84. The highest BCUT2D eigenvalue weighted by molar-refractivity contribution is 7.10. The van der Waals surface area contributed by atoms with Crippen molar-refractivity contribution < 1.29 is 0 Å². The van der Waals surface area contributed by atoms with Gasteiger partial charge in [0.2, 0.25) is 0 Å². The van der Waals surface area contributed by atoms with Crippen LogP contribution < -0.4 is 5.32 Å². The zero-order chi connectivity index (χ0) is 12.2. The lowest BCUT2D eigenvalue weighted by atomic mass is 9.87. The molecule has 0 fully saturated rings. The van der Waals surface area contributed by atoms with Gasteiger partial charge in [-0.3, -0.25) is 0 Å². The van der Waals surface area contributed by atoms with Gasteiger partial charge in [-0.2, -0.15) is 0 Å². The second-order valence-electron chi connectivity index (χ2n) is 4.61. The summed E-state index contributed by atoms with van der Waals surface area (Å²) in [5.41, 5.74) is 0.168. The van der Waals surface area contributed by atoms with Crippen LogP contribution >= 0.6 is 11.3 Å². The molecule has 0 spiro atoms. The second-order valence-corrected chi connectivity index (χ2v) is 5.59. The number of nitrogens with one attached hydrogen (secondary N) is 1. The van der Waals surface area contributed by atoms with E-state index in [-0.39, 0.29) is 5.54 Å². The van der Waals surface area contributed by atoms with Crippen molar-refractivity contribution in [3.8, 4) is 0 Å². The van der Waals surface area contributed by atoms with Gasteiger partial charge in [0.15, 0.2) is 0 Å². The number of rotatable bonds is 6. The Morgan fingerprint density at radius 3 is 2.50 bits per heavy atom. The summed E-state index contributed by atoms with van der Waals surface area (Å²) in [6.07, 6.45) is 1.13. The minimum absolute atomic E-state index is 0.168. The molecule has 0 radical (unpaired) electrons. The lowest BCUT2D eigenvalue weighted by Crippen LogP contribution is -2.51. The number of nitrogens with zero attached hydrogens (tertiary/aromatic N) is 1. The van der Waals surface area contributed by atoms with Crippen LogP contribution in [-0.2, 0) is 0 Å². The highest BCUT2D eigenvalue weighted by atomic mass is 32.1. The van der Waals surface area contributed by atoms with Crippen LogP contribution in [0.3, 0.4) is 0 Å². The molecule has 1 N–H and O–H groups in total. The SMILES string of the molecule is CCNC(c1cccs1)C(C)(CC)N(C)C. The maximum atomic E-state index is 3.63. The van der Waals surface area contributed by atoms with Crippen molar-refractivity contribution in [2.75, 3.05) is 20.6 Å². The Balaban J connectivity index is 3.00. The lowest BCUT2D eigenvalue weighted by molar-refractivity contribution is 0.115. The van der Waals surface area contributed by atoms with Crippen LogP contribution in [0.25, 0.3) is 0 Å². The van der Waals surface area contributed by atoms with E-state index in [9.17, 15) is 0 Å². The van der Waals surface area contributed by atoms with Crippen molar-refractivity contribution >= 4 is 11.3 Å². The third kappa shape index (κ3) is 2.65. The summed E-state index contributed by atoms with van der Waals surface area (Å²) in [6.45, 7) is 7.77. The van der Waals surface area contributed by atoms with Gasteiger partial charge in [-0.1, -0.05) is 19.9 Å². The van der Waals surface area contributed by atoms with E-state index in [4.69, 9.17) is 0 Å². The minimum Gasteiger partial charge on any atom is -0.308 e. The Morgan fingerprint density at radius 1 is 1.44 bits per heavy atom. The molecule has 16 heavy (non-hydrogen) atoms. The molecule has 0 aliphatic heterocycles. The van der Waals surface area contributed by atoms with Crippen LogP contribution in [0.15, 0.2) is 17.5 Å². The molecule has 2 nitrogen and oxygen atoms in total. The third-order valence-corrected chi connectivity index (χ3v) is 4.53. The normalized spacial score (nSPS) is 17.4. The van der Waals surface area contributed by atoms with Crippen molar-refractivity contribution in [2.24, 2.45) is 0 Å². The van der Waals surface area contributed by atoms with Crippen molar-refractivity contribution in [3.63, 3.8) is 0 Å². The van der Waals surface area contributed by atoms with Gasteiger partial charge in [0.25, 0.3) is 0 Å². The van der Waals surface area contributed by atoms with Crippen LogP contribution in [0.4, 0.5) is 0 Å². The summed E-state index contributed by atoms with van der Waals surface area (Å²) in [4.78, 5) is 3.76. The molecule has 0 bridgehead atoms. The summed E-state index contributed by atoms with van der Waals surface area (Å²) < 4.78 is 0. The molecule has 1 aromatic heterocycles. The van der Waals surface area contributed by atoms with E-state index in [0.29, 0.717) is 6.04 Å². The van der Waals surface area contributed by atoms with E-state index in [1.807, 2.05) is 11.3 Å².